The predicted molar refractivity (Wildman–Crippen MR) is 344 cm³/mol. The Morgan fingerprint density at radius 1 is 0.541 bits per heavy atom. The lowest BCUT2D eigenvalue weighted by atomic mass is 9.80. The van der Waals surface area contributed by atoms with E-state index in [9.17, 15) is 33.6 Å². The maximum Gasteiger partial charge on any atom is 0.417 e. The van der Waals surface area contributed by atoms with E-state index in [-0.39, 0.29) is 13.2 Å². The normalized spacial score (nSPS) is 22.2. The first-order valence-corrected chi connectivity index (χ1v) is 32.0. The van der Waals surface area contributed by atoms with Gasteiger partial charge in [0.15, 0.2) is 23.9 Å². The second-order valence-corrected chi connectivity index (χ2v) is 24.4. The van der Waals surface area contributed by atoms with Gasteiger partial charge in [0.2, 0.25) is 4.93 Å². The molecule has 3 amide bonds. The van der Waals surface area contributed by atoms with E-state index in [0.717, 1.165) is 65.3 Å². The van der Waals surface area contributed by atoms with E-state index in [1.54, 1.807) is 182 Å². The quantitative estimate of drug-likeness (QED) is 0.0287. The third-order valence-electron chi connectivity index (χ3n) is 16.0. The fourth-order valence-corrected chi connectivity index (χ4v) is 13.5. The number of rotatable bonds is 27. The lowest BCUT2D eigenvalue weighted by Gasteiger charge is -2.57. The Morgan fingerprint density at radius 3 is 1.51 bits per heavy atom. The molecule has 0 aromatic heterocycles. The van der Waals surface area contributed by atoms with Crippen molar-refractivity contribution in [1.82, 2.24) is 10.2 Å². The zero-order valence-corrected chi connectivity index (χ0v) is 55.4. The molecular weight excluding hydrogens is 1290 g/mol. The van der Waals surface area contributed by atoms with Gasteiger partial charge in [-0.15, -0.1) is 0 Å². The topological polar surface area (TPSA) is 306 Å². The number of hydrogen-bond donors (Lipinski definition) is 1. The summed E-state index contributed by atoms with van der Waals surface area (Å²) in [7, 11) is 0.934. The number of imide groups is 1. The number of nitrogens with zero attached hydrogens (tertiary/aromatic N) is 1. The van der Waals surface area contributed by atoms with Crippen molar-refractivity contribution in [3.05, 3.63) is 210 Å². The number of piperidine rings is 1. The molecule has 4 fully saturated rings. The summed E-state index contributed by atoms with van der Waals surface area (Å²) in [6, 6.07) is 48.0. The summed E-state index contributed by atoms with van der Waals surface area (Å²) in [5.74, 6) is -11.5. The molecule has 0 aliphatic carbocycles. The smallest absolute Gasteiger partial charge is 0.417 e. The zero-order chi connectivity index (χ0) is 70.2. The first-order valence-electron chi connectivity index (χ1n) is 31.2. The van der Waals surface area contributed by atoms with E-state index >= 15 is 14.4 Å². The number of thioether (sulfide) groups is 1. The highest BCUT2D eigenvalue weighted by Crippen LogP contribution is 2.52. The molecule has 0 radical (unpaired) electrons. The third-order valence-corrected chi connectivity index (χ3v) is 17.3. The van der Waals surface area contributed by atoms with Crippen LogP contribution in [0.4, 0.5) is 9.59 Å². The van der Waals surface area contributed by atoms with Gasteiger partial charge in [0.1, 0.15) is 49.8 Å². The van der Waals surface area contributed by atoms with Crippen molar-refractivity contribution in [3.63, 3.8) is 0 Å². The van der Waals surface area contributed by atoms with Gasteiger partial charge in [0.05, 0.1) is 32.8 Å². The van der Waals surface area contributed by atoms with Crippen molar-refractivity contribution < 1.29 is 110 Å². The van der Waals surface area contributed by atoms with Gasteiger partial charge in [-0.25, -0.2) is 19.3 Å². The van der Waals surface area contributed by atoms with E-state index in [2.05, 4.69) is 5.32 Å². The number of esters is 7. The van der Waals surface area contributed by atoms with Crippen LogP contribution >= 0.6 is 11.8 Å². The molecule has 25 nitrogen and oxygen atoms in total. The Morgan fingerprint density at radius 2 is 1.02 bits per heavy atom. The van der Waals surface area contributed by atoms with Crippen LogP contribution in [0.3, 0.4) is 0 Å². The Bertz CT molecular complexity index is 3670. The average molecular weight is 1370 g/mol. The van der Waals surface area contributed by atoms with Crippen molar-refractivity contribution in [2.24, 2.45) is 0 Å². The molecule has 516 valence electrons. The van der Waals surface area contributed by atoms with Crippen molar-refractivity contribution in [2.45, 2.75) is 150 Å². The van der Waals surface area contributed by atoms with Crippen LogP contribution in [0.25, 0.3) is 0 Å². The Hall–Kier alpha value is -9.99. The first-order chi connectivity index (χ1) is 47.0. The SMILES string of the molecule is COC(=O)C1(OC(COCc2ccccc2)C(OC(C)=O)C2OC3(Sc4ccccc4)CC(OC(C)=O)C2N(C(=O)OCc2ccccc2)C3=O)CC(OC(C)=O)C(NC(=O)OC(c2ccccc2)(c2ccccc2)c2ccccc2)C(C(OC(C)=O)C(COC(C)=O)OC(C)=O)O1. The third kappa shape index (κ3) is 17.4. The minimum atomic E-state index is -3.10. The minimum Gasteiger partial charge on any atom is -0.465 e. The standard InChI is InChI=1S/C72H74N2O23S/c1-44(75)87-43-58(91-47(4)78)62(92-48(5)79)64-60(73-68(83)97-72(52-30-18-10-19-31-52,53-32-20-11-21-33-53)54-34-22-12-23-35-54)56(89-45(2)76)38-70(95-64,67(82)85-7)94-59(42-86-40-50-26-14-8-15-27-50)63(93-49(6)80)65-61-57(90-46(3)77)39-71(96-65,98-55-36-24-13-25-37-55)66(81)74(61)69(84)88-41-51-28-16-9-17-29-51/h8-37,56-65H,38-43H2,1-7H3,(H,73,83). The lowest BCUT2D eigenvalue weighted by molar-refractivity contribution is -0.340. The highest BCUT2D eigenvalue weighted by Gasteiger charge is 2.69. The molecular formula is C72H74N2O23S. The number of carbonyl (C=O) groups excluding carboxylic acids is 10. The number of amides is 3. The van der Waals surface area contributed by atoms with Crippen molar-refractivity contribution in [3.8, 4) is 0 Å². The molecule has 0 spiro atoms. The number of benzene rings is 6. The molecule has 4 aliphatic rings. The van der Waals surface area contributed by atoms with Gasteiger partial charge in [-0.3, -0.25) is 33.6 Å². The van der Waals surface area contributed by atoms with Crippen LogP contribution in [-0.4, -0.2) is 157 Å². The van der Waals surface area contributed by atoms with Gasteiger partial charge in [-0.2, -0.15) is 0 Å². The van der Waals surface area contributed by atoms with Gasteiger partial charge in [-0.1, -0.05) is 182 Å². The van der Waals surface area contributed by atoms with Crippen LogP contribution in [0.2, 0.25) is 0 Å². The molecule has 1 N–H and O–H groups in total. The fraction of sp³-hybridized carbons (Fsp3) is 0.361. The molecule has 0 saturated carbocycles. The maximum absolute atomic E-state index is 15.6. The molecule has 6 aromatic rings. The second-order valence-electron chi connectivity index (χ2n) is 23.1. The van der Waals surface area contributed by atoms with E-state index < -0.39 is 163 Å². The molecule has 26 heteroatoms. The summed E-state index contributed by atoms with van der Waals surface area (Å²) in [6.45, 7) is 3.91. The minimum absolute atomic E-state index is 0.215. The Balaban J connectivity index is 1.24. The number of morpholine rings is 1. The van der Waals surface area contributed by atoms with Crippen LogP contribution in [0.15, 0.2) is 187 Å². The number of hydrogen-bond acceptors (Lipinski definition) is 24. The van der Waals surface area contributed by atoms with Crippen molar-refractivity contribution >= 4 is 71.6 Å². The molecule has 4 heterocycles. The van der Waals surface area contributed by atoms with Crippen LogP contribution < -0.4 is 5.32 Å². The molecule has 2 bridgehead atoms. The highest BCUT2D eigenvalue weighted by molar-refractivity contribution is 8.01. The van der Waals surface area contributed by atoms with Gasteiger partial charge >= 0.3 is 54.0 Å². The summed E-state index contributed by atoms with van der Waals surface area (Å²) in [4.78, 5) is 141. The number of methoxy groups -OCH3 is 1. The molecule has 98 heavy (non-hydrogen) atoms. The maximum atomic E-state index is 15.6. The summed E-state index contributed by atoms with van der Waals surface area (Å²) < 4.78 is 81.1. The second kappa shape index (κ2) is 32.8. The number of alkyl carbamates (subject to hydrolysis) is 1. The molecule has 12 unspecified atom stereocenters. The summed E-state index contributed by atoms with van der Waals surface area (Å²) >= 11 is 0.840. The molecule has 4 saturated heterocycles. The van der Waals surface area contributed by atoms with Crippen LogP contribution in [-0.2, 0) is 119 Å². The van der Waals surface area contributed by atoms with E-state index in [0.29, 0.717) is 32.7 Å². The first kappa shape index (κ1) is 72.3. The van der Waals surface area contributed by atoms with Crippen LogP contribution in [0.5, 0.6) is 0 Å². The molecule has 12 atom stereocenters. The van der Waals surface area contributed by atoms with Gasteiger partial charge in [0.25, 0.3) is 11.7 Å². The average Bonchev–Trinajstić information content (AvgIpc) is 0.710. The monoisotopic (exact) mass is 1370 g/mol. The highest BCUT2D eigenvalue weighted by atomic mass is 32.2. The molecule has 10 rings (SSSR count). The molecule has 4 aliphatic heterocycles. The van der Waals surface area contributed by atoms with E-state index in [1.165, 1.54) is 0 Å². The summed E-state index contributed by atoms with van der Waals surface area (Å²) in [5.41, 5.74) is 0.676. The van der Waals surface area contributed by atoms with Crippen molar-refractivity contribution in [1.29, 1.82) is 0 Å². The predicted octanol–water partition coefficient (Wildman–Crippen LogP) is 8.38. The fourth-order valence-electron chi connectivity index (χ4n) is 12.2. The number of carbonyl (C=O) groups is 10. The van der Waals surface area contributed by atoms with E-state index in [4.69, 9.17) is 61.6 Å². The number of fused-ring (bicyclic) bond motifs is 3. The van der Waals surface area contributed by atoms with Gasteiger partial charge < -0.3 is 66.9 Å². The van der Waals surface area contributed by atoms with Crippen LogP contribution in [0.1, 0.15) is 82.2 Å². The van der Waals surface area contributed by atoms with Crippen LogP contribution in [0, 0.1) is 0 Å². The lowest BCUT2D eigenvalue weighted by Crippen LogP contribution is -2.77. The summed E-state index contributed by atoms with van der Waals surface area (Å²) in [6.07, 6.45) is -19.4. The number of ether oxygens (including phenoxy) is 13. The zero-order valence-electron chi connectivity index (χ0n) is 54.6. The Kier molecular flexibility index (Phi) is 24.2. The number of nitrogens with one attached hydrogen (secondary N) is 1. The largest absolute Gasteiger partial charge is 0.465 e. The van der Waals surface area contributed by atoms with Crippen molar-refractivity contribution in [2.75, 3.05) is 20.3 Å². The Labute approximate surface area is 568 Å². The van der Waals surface area contributed by atoms with Gasteiger partial charge in [0, 0.05) is 69.5 Å². The van der Waals surface area contributed by atoms with Gasteiger partial charge in [-0.05, 0) is 23.3 Å². The molecule has 6 aromatic carbocycles. The van der Waals surface area contributed by atoms with E-state index in [1.807, 2.05) is 0 Å². The summed E-state index contributed by atoms with van der Waals surface area (Å²) in [5, 5.41) is 2.77.